The highest BCUT2D eigenvalue weighted by atomic mass is 19.1. The molecule has 0 aromatic heterocycles. The number of allylic oxidation sites excluding steroid dienone is 2. The van der Waals surface area contributed by atoms with Crippen LogP contribution in [0.5, 0.6) is 0 Å². The topological polar surface area (TPSA) is 43.1 Å². The first kappa shape index (κ1) is 13.2. The van der Waals surface area contributed by atoms with Crippen molar-refractivity contribution in [1.29, 1.82) is 0 Å². The SMILES string of the molecule is O=[NH+]c1ccc(C2Nc3c(F)cccc3C3C=CCC32)cc1. The van der Waals surface area contributed by atoms with Crippen LogP contribution in [0.1, 0.15) is 29.5 Å². The number of nitroso groups, excluding NO2 is 1. The highest BCUT2D eigenvalue weighted by Gasteiger charge is 2.38. The Kier molecular flexibility index (Phi) is 3.03. The van der Waals surface area contributed by atoms with Crippen LogP contribution in [0.25, 0.3) is 0 Å². The second-order valence-corrected chi connectivity index (χ2v) is 5.90. The van der Waals surface area contributed by atoms with Crippen molar-refractivity contribution in [3.05, 3.63) is 76.5 Å². The van der Waals surface area contributed by atoms with E-state index in [-0.39, 0.29) is 17.8 Å². The summed E-state index contributed by atoms with van der Waals surface area (Å²) >= 11 is 0. The Balaban J connectivity index is 1.78. The summed E-state index contributed by atoms with van der Waals surface area (Å²) in [5.41, 5.74) is 3.25. The molecule has 4 rings (SSSR count). The number of rotatable bonds is 2. The normalized spacial score (nSPS) is 25.2. The molecule has 22 heavy (non-hydrogen) atoms. The average molecular weight is 295 g/mol. The van der Waals surface area contributed by atoms with E-state index in [9.17, 15) is 9.30 Å². The lowest BCUT2D eigenvalue weighted by Gasteiger charge is -2.37. The van der Waals surface area contributed by atoms with Crippen LogP contribution in [-0.4, -0.2) is 0 Å². The molecule has 2 aliphatic rings. The van der Waals surface area contributed by atoms with Gasteiger partial charge >= 0.3 is 0 Å². The van der Waals surface area contributed by atoms with Gasteiger partial charge in [-0.15, -0.1) is 0 Å². The van der Waals surface area contributed by atoms with Gasteiger partial charge in [0.05, 0.1) is 11.7 Å². The number of nitrogens with one attached hydrogen (secondary N) is 2. The number of halogens is 1. The maximum Gasteiger partial charge on any atom is 0.253 e. The predicted octanol–water partition coefficient (Wildman–Crippen LogP) is 3.13. The Hall–Kier alpha value is -2.49. The second-order valence-electron chi connectivity index (χ2n) is 5.90. The quantitative estimate of drug-likeness (QED) is 0.836. The molecule has 0 saturated carbocycles. The minimum atomic E-state index is -0.209. The van der Waals surface area contributed by atoms with Crippen molar-refractivity contribution in [3.63, 3.8) is 0 Å². The van der Waals surface area contributed by atoms with Crippen LogP contribution in [0.4, 0.5) is 15.8 Å². The largest absolute Gasteiger partial charge is 0.375 e. The minimum absolute atomic E-state index is 0.0464. The zero-order valence-corrected chi connectivity index (χ0v) is 11.9. The molecule has 2 N–H and O–H groups in total. The van der Waals surface area contributed by atoms with Crippen LogP contribution in [0.3, 0.4) is 0 Å². The van der Waals surface area contributed by atoms with Gasteiger partial charge in [-0.2, -0.15) is 0 Å². The van der Waals surface area contributed by atoms with Crippen LogP contribution in [0.15, 0.2) is 54.6 Å². The van der Waals surface area contributed by atoms with Crippen molar-refractivity contribution in [3.8, 4) is 0 Å². The molecular formula is C18H16FN2O+. The van der Waals surface area contributed by atoms with Gasteiger partial charge in [0.25, 0.3) is 5.69 Å². The Morgan fingerprint density at radius 3 is 2.73 bits per heavy atom. The first-order valence-corrected chi connectivity index (χ1v) is 7.47. The summed E-state index contributed by atoms with van der Waals surface area (Å²) in [5.74, 6) is 0.411. The van der Waals surface area contributed by atoms with Gasteiger partial charge in [0.1, 0.15) is 5.82 Å². The average Bonchev–Trinajstić information content (AvgIpc) is 3.05. The Morgan fingerprint density at radius 1 is 1.14 bits per heavy atom. The standard InChI is InChI=1S/C18H15FN2O/c19-16-6-2-5-15-13-3-1-4-14(13)17(20-18(15)16)11-7-9-12(21-22)10-8-11/h1-3,5-10,13-14,17,20H,4H2/p+1. The molecule has 1 aliphatic heterocycles. The lowest BCUT2D eigenvalue weighted by Crippen LogP contribution is -2.55. The maximum absolute atomic E-state index is 14.2. The van der Waals surface area contributed by atoms with E-state index in [0.717, 1.165) is 17.5 Å². The summed E-state index contributed by atoms with van der Waals surface area (Å²) in [4.78, 5) is 10.7. The van der Waals surface area contributed by atoms with Crippen LogP contribution in [0.2, 0.25) is 0 Å². The van der Waals surface area contributed by atoms with Gasteiger partial charge in [-0.3, -0.25) is 0 Å². The molecule has 2 aromatic carbocycles. The van der Waals surface area contributed by atoms with Gasteiger partial charge < -0.3 is 5.32 Å². The molecule has 0 radical (unpaired) electrons. The van der Waals surface area contributed by atoms with E-state index in [1.54, 1.807) is 18.2 Å². The van der Waals surface area contributed by atoms with Gasteiger partial charge in [0.2, 0.25) is 0 Å². The van der Waals surface area contributed by atoms with Crippen molar-refractivity contribution in [2.24, 2.45) is 5.92 Å². The molecule has 3 unspecified atom stereocenters. The van der Waals surface area contributed by atoms with Crippen molar-refractivity contribution < 1.29 is 9.57 Å². The smallest absolute Gasteiger partial charge is 0.253 e. The molecule has 110 valence electrons. The van der Waals surface area contributed by atoms with Crippen LogP contribution >= 0.6 is 0 Å². The lowest BCUT2D eigenvalue weighted by atomic mass is 9.77. The fraction of sp³-hybridized carbons (Fsp3) is 0.222. The van der Waals surface area contributed by atoms with Crippen LogP contribution in [0, 0.1) is 16.6 Å². The maximum atomic E-state index is 14.2. The van der Waals surface area contributed by atoms with Gasteiger partial charge in [0.15, 0.2) is 0 Å². The molecule has 0 amide bonds. The molecule has 2 aromatic rings. The number of fused-ring (bicyclic) bond motifs is 3. The molecular weight excluding hydrogens is 279 g/mol. The Morgan fingerprint density at radius 2 is 1.95 bits per heavy atom. The second kappa shape index (κ2) is 5.05. The van der Waals surface area contributed by atoms with Gasteiger partial charge in [-0.25, -0.2) is 4.39 Å². The van der Waals surface area contributed by atoms with E-state index in [0.29, 0.717) is 17.3 Å². The molecule has 0 spiro atoms. The number of hydrogen-bond acceptors (Lipinski definition) is 2. The van der Waals surface area contributed by atoms with Crippen molar-refractivity contribution in [2.75, 3.05) is 5.32 Å². The number of anilines is 1. The third kappa shape index (κ3) is 1.95. The van der Waals surface area contributed by atoms with Gasteiger partial charge in [0, 0.05) is 28.1 Å². The summed E-state index contributed by atoms with van der Waals surface area (Å²) in [6.07, 6.45) is 5.34. The van der Waals surface area contributed by atoms with Crippen LogP contribution < -0.4 is 10.5 Å². The van der Waals surface area contributed by atoms with Crippen molar-refractivity contribution >= 4 is 11.4 Å². The molecule has 3 nitrogen and oxygen atoms in total. The van der Waals surface area contributed by atoms with E-state index < -0.39 is 0 Å². The van der Waals surface area contributed by atoms with Gasteiger partial charge in [-0.05, 0) is 29.5 Å². The zero-order valence-electron chi connectivity index (χ0n) is 11.9. The molecule has 1 heterocycles. The van der Waals surface area contributed by atoms with E-state index in [1.807, 2.05) is 23.4 Å². The summed E-state index contributed by atoms with van der Waals surface area (Å²) < 4.78 is 14.2. The number of para-hydroxylation sites is 1. The fourth-order valence-electron chi connectivity index (χ4n) is 3.67. The fourth-order valence-corrected chi connectivity index (χ4v) is 3.67. The van der Waals surface area contributed by atoms with E-state index in [2.05, 4.69) is 17.5 Å². The Labute approximate surface area is 127 Å². The molecule has 0 saturated heterocycles. The monoisotopic (exact) mass is 295 g/mol. The van der Waals surface area contributed by atoms with E-state index in [4.69, 9.17) is 0 Å². The molecule has 0 bridgehead atoms. The van der Waals surface area contributed by atoms with Crippen molar-refractivity contribution in [1.82, 2.24) is 0 Å². The van der Waals surface area contributed by atoms with E-state index >= 15 is 0 Å². The molecule has 1 aliphatic carbocycles. The lowest BCUT2D eigenvalue weighted by molar-refractivity contribution is -0.379. The summed E-state index contributed by atoms with van der Waals surface area (Å²) in [5, 5.41) is 5.26. The first-order chi connectivity index (χ1) is 10.8. The zero-order chi connectivity index (χ0) is 15.1. The molecule has 4 heteroatoms. The Bertz CT molecular complexity index is 754. The highest BCUT2D eigenvalue weighted by Crippen LogP contribution is 2.50. The number of hydrogen-bond donors (Lipinski definition) is 2. The molecule has 3 atom stereocenters. The predicted molar refractivity (Wildman–Crippen MR) is 83.2 cm³/mol. The minimum Gasteiger partial charge on any atom is -0.375 e. The first-order valence-electron chi connectivity index (χ1n) is 7.47. The highest BCUT2D eigenvalue weighted by molar-refractivity contribution is 5.60. The van der Waals surface area contributed by atoms with E-state index in [1.165, 1.54) is 6.07 Å². The van der Waals surface area contributed by atoms with Gasteiger partial charge in [-0.1, -0.05) is 36.4 Å². The van der Waals surface area contributed by atoms with Crippen LogP contribution in [-0.2, 0) is 0 Å². The summed E-state index contributed by atoms with van der Waals surface area (Å²) in [7, 11) is 0. The molecule has 0 fully saturated rings. The van der Waals surface area contributed by atoms with Crippen molar-refractivity contribution in [2.45, 2.75) is 18.4 Å². The summed E-state index contributed by atoms with van der Waals surface area (Å²) in [6.45, 7) is 0. The third-order valence-corrected chi connectivity index (χ3v) is 4.73. The number of benzene rings is 2. The third-order valence-electron chi connectivity index (χ3n) is 4.73. The summed E-state index contributed by atoms with van der Waals surface area (Å²) in [6, 6.07) is 12.7.